The van der Waals surface area contributed by atoms with E-state index >= 15 is 0 Å². The molecular formula is C18H17N3O. The monoisotopic (exact) mass is 291 g/mol. The Hall–Kier alpha value is -2.88. The molecule has 0 saturated heterocycles. The van der Waals surface area contributed by atoms with E-state index in [1.807, 2.05) is 54.6 Å². The summed E-state index contributed by atoms with van der Waals surface area (Å²) in [7, 11) is 1.65. The SMILES string of the molecule is COc1ccc(Cc2nc(-c3ccccc3)cnc2N)cc1. The second kappa shape index (κ2) is 6.26. The van der Waals surface area contributed by atoms with Gasteiger partial charge in [-0.25, -0.2) is 9.97 Å². The molecule has 1 heterocycles. The summed E-state index contributed by atoms with van der Waals surface area (Å²) in [5.74, 6) is 1.30. The standard InChI is InChI=1S/C18H17N3O/c1-22-15-9-7-13(8-10-15)11-16-18(19)20-12-17(21-16)14-5-3-2-4-6-14/h2-10,12H,11H2,1H3,(H2,19,20). The lowest BCUT2D eigenvalue weighted by Crippen LogP contribution is -2.03. The highest BCUT2D eigenvalue weighted by molar-refractivity contribution is 5.59. The fourth-order valence-corrected chi connectivity index (χ4v) is 2.25. The van der Waals surface area contributed by atoms with Crippen molar-refractivity contribution < 1.29 is 4.74 Å². The Bertz CT molecular complexity index is 755. The molecule has 1 aromatic heterocycles. The summed E-state index contributed by atoms with van der Waals surface area (Å²) in [4.78, 5) is 8.94. The third-order valence-electron chi connectivity index (χ3n) is 3.48. The highest BCUT2D eigenvalue weighted by Crippen LogP contribution is 2.20. The minimum absolute atomic E-state index is 0.468. The van der Waals surface area contributed by atoms with Gasteiger partial charge in [0, 0.05) is 12.0 Å². The lowest BCUT2D eigenvalue weighted by atomic mass is 10.1. The first-order chi connectivity index (χ1) is 10.8. The molecule has 3 aromatic rings. The molecule has 0 aliphatic rings. The Morgan fingerprint density at radius 2 is 1.73 bits per heavy atom. The Balaban J connectivity index is 1.89. The molecule has 0 radical (unpaired) electrons. The van der Waals surface area contributed by atoms with Crippen LogP contribution in [-0.4, -0.2) is 17.1 Å². The van der Waals surface area contributed by atoms with Crippen molar-refractivity contribution in [2.75, 3.05) is 12.8 Å². The zero-order chi connectivity index (χ0) is 15.4. The minimum atomic E-state index is 0.468. The number of anilines is 1. The number of rotatable bonds is 4. The summed E-state index contributed by atoms with van der Waals surface area (Å²) < 4.78 is 5.17. The zero-order valence-corrected chi connectivity index (χ0v) is 12.4. The van der Waals surface area contributed by atoms with Crippen LogP contribution < -0.4 is 10.5 Å². The Morgan fingerprint density at radius 3 is 2.41 bits per heavy atom. The average molecular weight is 291 g/mol. The van der Waals surface area contributed by atoms with Crippen LogP contribution in [0.2, 0.25) is 0 Å². The van der Waals surface area contributed by atoms with E-state index in [0.717, 1.165) is 28.3 Å². The van der Waals surface area contributed by atoms with Crippen LogP contribution in [0.1, 0.15) is 11.3 Å². The summed E-state index contributed by atoms with van der Waals surface area (Å²) in [5.41, 5.74) is 9.74. The third-order valence-corrected chi connectivity index (χ3v) is 3.48. The van der Waals surface area contributed by atoms with Crippen LogP contribution in [0.15, 0.2) is 60.8 Å². The number of benzene rings is 2. The van der Waals surface area contributed by atoms with E-state index < -0.39 is 0 Å². The van der Waals surface area contributed by atoms with E-state index in [-0.39, 0.29) is 0 Å². The van der Waals surface area contributed by atoms with E-state index in [4.69, 9.17) is 10.5 Å². The highest BCUT2D eigenvalue weighted by Gasteiger charge is 2.07. The molecule has 4 heteroatoms. The first kappa shape index (κ1) is 14.1. The molecule has 0 fully saturated rings. The predicted molar refractivity (Wildman–Crippen MR) is 87.7 cm³/mol. The number of hydrogen-bond acceptors (Lipinski definition) is 4. The molecule has 110 valence electrons. The molecule has 3 rings (SSSR count). The molecule has 0 aliphatic heterocycles. The Labute approximate surface area is 129 Å². The molecule has 0 aliphatic carbocycles. The fourth-order valence-electron chi connectivity index (χ4n) is 2.25. The number of methoxy groups -OCH3 is 1. The second-order valence-corrected chi connectivity index (χ2v) is 4.98. The van der Waals surface area contributed by atoms with Gasteiger partial charge in [-0.05, 0) is 17.7 Å². The molecule has 4 nitrogen and oxygen atoms in total. The van der Waals surface area contributed by atoms with E-state index in [2.05, 4.69) is 9.97 Å². The van der Waals surface area contributed by atoms with Gasteiger partial charge in [-0.2, -0.15) is 0 Å². The number of nitrogen functional groups attached to an aromatic ring is 1. The maximum atomic E-state index is 5.97. The average Bonchev–Trinajstić information content (AvgIpc) is 2.58. The predicted octanol–water partition coefficient (Wildman–Crippen LogP) is 3.33. The van der Waals surface area contributed by atoms with Crippen molar-refractivity contribution in [2.45, 2.75) is 6.42 Å². The Kier molecular flexibility index (Phi) is 4.01. The summed E-state index contributed by atoms with van der Waals surface area (Å²) in [5, 5.41) is 0. The zero-order valence-electron chi connectivity index (χ0n) is 12.4. The van der Waals surface area contributed by atoms with Crippen molar-refractivity contribution in [1.82, 2.24) is 9.97 Å². The maximum absolute atomic E-state index is 5.97. The highest BCUT2D eigenvalue weighted by atomic mass is 16.5. The molecule has 22 heavy (non-hydrogen) atoms. The van der Waals surface area contributed by atoms with Crippen molar-refractivity contribution in [3.63, 3.8) is 0 Å². The van der Waals surface area contributed by atoms with Crippen LogP contribution in [0.4, 0.5) is 5.82 Å². The van der Waals surface area contributed by atoms with Gasteiger partial charge in [0.1, 0.15) is 11.6 Å². The molecule has 2 aromatic carbocycles. The molecule has 0 amide bonds. The molecule has 2 N–H and O–H groups in total. The second-order valence-electron chi connectivity index (χ2n) is 4.98. The van der Waals surface area contributed by atoms with Gasteiger partial charge in [0.15, 0.2) is 0 Å². The number of hydrogen-bond donors (Lipinski definition) is 1. The lowest BCUT2D eigenvalue weighted by Gasteiger charge is -2.08. The summed E-state index contributed by atoms with van der Waals surface area (Å²) in [6.45, 7) is 0. The number of ether oxygens (including phenoxy) is 1. The van der Waals surface area contributed by atoms with Crippen molar-refractivity contribution in [1.29, 1.82) is 0 Å². The number of nitrogens with two attached hydrogens (primary N) is 1. The van der Waals surface area contributed by atoms with Gasteiger partial charge in [-0.15, -0.1) is 0 Å². The van der Waals surface area contributed by atoms with Crippen molar-refractivity contribution in [3.8, 4) is 17.0 Å². The Morgan fingerprint density at radius 1 is 1.00 bits per heavy atom. The van der Waals surface area contributed by atoms with Crippen LogP contribution >= 0.6 is 0 Å². The molecule has 0 saturated carbocycles. The summed E-state index contributed by atoms with van der Waals surface area (Å²) in [6, 6.07) is 17.8. The number of aromatic nitrogens is 2. The van der Waals surface area contributed by atoms with Crippen molar-refractivity contribution >= 4 is 5.82 Å². The molecule has 0 atom stereocenters. The summed E-state index contributed by atoms with van der Waals surface area (Å²) in [6.07, 6.45) is 2.35. The smallest absolute Gasteiger partial charge is 0.145 e. The van der Waals surface area contributed by atoms with Gasteiger partial charge in [0.2, 0.25) is 0 Å². The number of nitrogens with zero attached hydrogens (tertiary/aromatic N) is 2. The van der Waals surface area contributed by atoms with Gasteiger partial charge in [-0.3, -0.25) is 0 Å². The molecule has 0 spiro atoms. The first-order valence-corrected chi connectivity index (χ1v) is 7.06. The van der Waals surface area contributed by atoms with E-state index in [0.29, 0.717) is 12.2 Å². The van der Waals surface area contributed by atoms with Gasteiger partial charge >= 0.3 is 0 Å². The van der Waals surface area contributed by atoms with E-state index in [1.54, 1.807) is 13.3 Å². The van der Waals surface area contributed by atoms with Crippen molar-refractivity contribution in [3.05, 3.63) is 72.1 Å². The van der Waals surface area contributed by atoms with Crippen LogP contribution in [0, 0.1) is 0 Å². The van der Waals surface area contributed by atoms with Crippen LogP contribution in [0.3, 0.4) is 0 Å². The minimum Gasteiger partial charge on any atom is -0.497 e. The summed E-state index contributed by atoms with van der Waals surface area (Å²) >= 11 is 0. The van der Waals surface area contributed by atoms with Gasteiger partial charge in [0.25, 0.3) is 0 Å². The van der Waals surface area contributed by atoms with Gasteiger partial charge < -0.3 is 10.5 Å². The van der Waals surface area contributed by atoms with Crippen molar-refractivity contribution in [2.24, 2.45) is 0 Å². The van der Waals surface area contributed by atoms with Crippen LogP contribution in [0.5, 0.6) is 5.75 Å². The largest absolute Gasteiger partial charge is 0.497 e. The van der Waals surface area contributed by atoms with E-state index in [1.165, 1.54) is 0 Å². The molecular weight excluding hydrogens is 274 g/mol. The topological polar surface area (TPSA) is 61.0 Å². The van der Waals surface area contributed by atoms with Gasteiger partial charge in [0.05, 0.1) is 24.7 Å². The lowest BCUT2D eigenvalue weighted by molar-refractivity contribution is 0.414. The quantitative estimate of drug-likeness (QED) is 0.801. The maximum Gasteiger partial charge on any atom is 0.145 e. The van der Waals surface area contributed by atoms with E-state index in [9.17, 15) is 0 Å². The third kappa shape index (κ3) is 3.06. The van der Waals surface area contributed by atoms with Gasteiger partial charge in [-0.1, -0.05) is 42.5 Å². The van der Waals surface area contributed by atoms with Crippen LogP contribution in [0.25, 0.3) is 11.3 Å². The molecule has 0 bridgehead atoms. The first-order valence-electron chi connectivity index (χ1n) is 7.06. The molecule has 0 unspecified atom stereocenters. The normalized spacial score (nSPS) is 10.4. The fraction of sp³-hybridized carbons (Fsp3) is 0.111. The van der Waals surface area contributed by atoms with Crippen LogP contribution in [-0.2, 0) is 6.42 Å².